The lowest BCUT2D eigenvalue weighted by Crippen LogP contribution is -1.76. The van der Waals surface area contributed by atoms with E-state index in [9.17, 15) is 0 Å². The number of aromatic nitrogens is 1. The Morgan fingerprint density at radius 1 is 0.696 bits per heavy atom. The van der Waals surface area contributed by atoms with E-state index in [1.807, 2.05) is 72.8 Å². The molecule has 0 saturated heterocycles. The molecule has 0 spiro atoms. The van der Waals surface area contributed by atoms with Gasteiger partial charge in [0.2, 0.25) is 0 Å². The third-order valence-corrected chi connectivity index (χ3v) is 4.53. The maximum absolute atomic E-state index is 4.72. The maximum Gasteiger partial charge on any atom is 0.126 e. The van der Waals surface area contributed by atoms with Crippen molar-refractivity contribution in [2.45, 2.75) is 0 Å². The molecule has 1 heterocycles. The first-order valence-electron chi connectivity index (χ1n) is 7.32. The van der Waals surface area contributed by atoms with E-state index in [4.69, 9.17) is 4.98 Å². The number of azo groups is 1. The molecule has 0 N–H and O–H groups in total. The quantitative estimate of drug-likeness (QED) is 0.404. The summed E-state index contributed by atoms with van der Waals surface area (Å²) in [5, 5.41) is 9.70. The van der Waals surface area contributed by atoms with Crippen LogP contribution in [0.1, 0.15) is 0 Å². The van der Waals surface area contributed by atoms with Gasteiger partial charge in [-0.2, -0.15) is 5.11 Å². The van der Waals surface area contributed by atoms with E-state index < -0.39 is 0 Å². The Bertz CT molecular complexity index is 941. The zero-order valence-electron chi connectivity index (χ0n) is 12.3. The molecule has 3 aromatic carbocycles. The second kappa shape index (κ2) is 6.10. The summed E-state index contributed by atoms with van der Waals surface area (Å²) < 4.78 is 1.18. The van der Waals surface area contributed by atoms with Crippen LogP contribution >= 0.6 is 11.3 Å². The molecule has 4 aromatic rings. The topological polar surface area (TPSA) is 37.6 Å². The fourth-order valence-corrected chi connectivity index (χ4v) is 3.34. The molecule has 4 heteroatoms. The normalized spacial score (nSPS) is 11.3. The highest BCUT2D eigenvalue weighted by molar-refractivity contribution is 7.21. The van der Waals surface area contributed by atoms with Crippen LogP contribution in [0.4, 0.5) is 11.4 Å². The van der Waals surface area contributed by atoms with Crippen molar-refractivity contribution in [2.75, 3.05) is 0 Å². The molecule has 0 bridgehead atoms. The summed E-state index contributed by atoms with van der Waals surface area (Å²) in [4.78, 5) is 4.72. The largest absolute Gasteiger partial charge is 0.236 e. The molecule has 1 aromatic heterocycles. The Hall–Kier alpha value is -2.85. The number of hydrogen-bond acceptors (Lipinski definition) is 4. The molecule has 4 rings (SSSR count). The molecule has 3 nitrogen and oxygen atoms in total. The molecule has 0 aliphatic carbocycles. The smallest absolute Gasteiger partial charge is 0.126 e. The van der Waals surface area contributed by atoms with Crippen molar-refractivity contribution in [1.29, 1.82) is 0 Å². The van der Waals surface area contributed by atoms with Crippen LogP contribution in [-0.2, 0) is 0 Å². The number of para-hydroxylation sites is 1. The van der Waals surface area contributed by atoms with Crippen LogP contribution < -0.4 is 0 Å². The molecular weight excluding hydrogens is 302 g/mol. The fraction of sp³-hybridized carbons (Fsp3) is 0. The van der Waals surface area contributed by atoms with E-state index in [1.54, 1.807) is 11.3 Å². The minimum Gasteiger partial charge on any atom is -0.236 e. The van der Waals surface area contributed by atoms with Gasteiger partial charge in [-0.3, -0.25) is 0 Å². The van der Waals surface area contributed by atoms with Crippen LogP contribution in [0.2, 0.25) is 0 Å². The van der Waals surface area contributed by atoms with Crippen molar-refractivity contribution in [3.63, 3.8) is 0 Å². The van der Waals surface area contributed by atoms with Crippen molar-refractivity contribution in [2.24, 2.45) is 10.2 Å². The zero-order valence-corrected chi connectivity index (χ0v) is 13.1. The molecule has 0 atom stereocenters. The third-order valence-electron chi connectivity index (χ3n) is 3.46. The summed E-state index contributed by atoms with van der Waals surface area (Å²) in [6.45, 7) is 0. The highest BCUT2D eigenvalue weighted by Gasteiger charge is 2.09. The number of fused-ring (bicyclic) bond motifs is 1. The van der Waals surface area contributed by atoms with Crippen LogP contribution in [0.25, 0.3) is 20.8 Å². The monoisotopic (exact) mass is 315 g/mol. The van der Waals surface area contributed by atoms with Gasteiger partial charge in [0, 0.05) is 5.56 Å². The van der Waals surface area contributed by atoms with E-state index in [1.165, 1.54) is 4.70 Å². The van der Waals surface area contributed by atoms with Gasteiger partial charge in [-0.1, -0.05) is 42.5 Å². The van der Waals surface area contributed by atoms with E-state index in [0.717, 1.165) is 27.5 Å². The van der Waals surface area contributed by atoms with Crippen LogP contribution in [0.5, 0.6) is 0 Å². The van der Waals surface area contributed by atoms with E-state index in [0.29, 0.717) is 0 Å². The highest BCUT2D eigenvalue weighted by Crippen LogP contribution is 2.36. The first-order chi connectivity index (χ1) is 11.4. The lowest BCUT2D eigenvalue weighted by Gasteiger charge is -2.00. The van der Waals surface area contributed by atoms with Gasteiger partial charge in [0.15, 0.2) is 0 Å². The van der Waals surface area contributed by atoms with Crippen molar-refractivity contribution < 1.29 is 0 Å². The summed E-state index contributed by atoms with van der Waals surface area (Å²) in [6.07, 6.45) is 0. The summed E-state index contributed by atoms with van der Waals surface area (Å²) in [5.41, 5.74) is 3.69. The highest BCUT2D eigenvalue weighted by atomic mass is 32.1. The average Bonchev–Trinajstić information content (AvgIpc) is 3.05. The summed E-state index contributed by atoms with van der Waals surface area (Å²) in [5.74, 6) is 0. The minimum atomic E-state index is 0.829. The van der Waals surface area contributed by atoms with Crippen molar-refractivity contribution >= 4 is 32.9 Å². The lowest BCUT2D eigenvalue weighted by molar-refractivity contribution is 1.23. The summed E-state index contributed by atoms with van der Waals surface area (Å²) in [7, 11) is 0. The Morgan fingerprint density at radius 3 is 2.30 bits per heavy atom. The molecule has 0 aliphatic rings. The van der Waals surface area contributed by atoms with Crippen molar-refractivity contribution in [1.82, 2.24) is 4.98 Å². The Balaban J connectivity index is 1.76. The number of nitrogens with zero attached hydrogens (tertiary/aromatic N) is 3. The molecular formula is C19H13N3S. The van der Waals surface area contributed by atoms with Crippen LogP contribution in [0, 0.1) is 0 Å². The van der Waals surface area contributed by atoms with E-state index >= 15 is 0 Å². The minimum absolute atomic E-state index is 0.829. The third kappa shape index (κ3) is 2.89. The Morgan fingerprint density at radius 2 is 1.43 bits per heavy atom. The molecule has 0 aliphatic heterocycles. The first kappa shape index (κ1) is 13.8. The van der Waals surface area contributed by atoms with Gasteiger partial charge in [-0.15, -0.1) is 16.5 Å². The average molecular weight is 315 g/mol. The van der Waals surface area contributed by atoms with Crippen molar-refractivity contribution in [3.8, 4) is 10.6 Å². The number of hydrogen-bond donors (Lipinski definition) is 0. The maximum atomic E-state index is 4.72. The molecule has 0 amide bonds. The predicted molar refractivity (Wildman–Crippen MR) is 95.7 cm³/mol. The standard InChI is InChI=1S/C19H13N3S/c1-2-8-14(9-3-1)21-22-16-11-5-4-10-15(16)19-20-17-12-6-7-13-18(17)23-19/h1-13H. The zero-order chi connectivity index (χ0) is 15.5. The van der Waals surface area contributed by atoms with Crippen molar-refractivity contribution in [3.05, 3.63) is 78.9 Å². The van der Waals surface area contributed by atoms with E-state index in [2.05, 4.69) is 16.3 Å². The molecule has 0 fully saturated rings. The van der Waals surface area contributed by atoms with Gasteiger partial charge >= 0.3 is 0 Å². The molecule has 0 saturated carbocycles. The summed E-state index contributed by atoms with van der Waals surface area (Å²) >= 11 is 1.67. The lowest BCUT2D eigenvalue weighted by atomic mass is 10.2. The van der Waals surface area contributed by atoms with Gasteiger partial charge in [0.25, 0.3) is 0 Å². The fourth-order valence-electron chi connectivity index (χ4n) is 2.34. The Labute approximate surface area is 138 Å². The molecule has 0 unspecified atom stereocenters. The Kier molecular flexibility index (Phi) is 3.66. The van der Waals surface area contributed by atoms with Gasteiger partial charge in [-0.05, 0) is 36.4 Å². The number of benzene rings is 3. The van der Waals surface area contributed by atoms with Gasteiger partial charge in [0.1, 0.15) is 5.01 Å². The van der Waals surface area contributed by atoms with Crippen LogP contribution in [0.15, 0.2) is 89.1 Å². The first-order valence-corrected chi connectivity index (χ1v) is 8.13. The SMILES string of the molecule is c1ccc(N=Nc2ccccc2-c2nc3ccccc3s2)cc1. The molecule has 0 radical (unpaired) electrons. The van der Waals surface area contributed by atoms with Gasteiger partial charge in [0.05, 0.1) is 21.6 Å². The predicted octanol–water partition coefficient (Wildman–Crippen LogP) is 6.38. The second-order valence-electron chi connectivity index (χ2n) is 5.04. The number of thiazole rings is 1. The van der Waals surface area contributed by atoms with E-state index in [-0.39, 0.29) is 0 Å². The number of rotatable bonds is 3. The summed E-state index contributed by atoms with van der Waals surface area (Å²) in [6, 6.07) is 25.9. The van der Waals surface area contributed by atoms with Crippen LogP contribution in [0.3, 0.4) is 0 Å². The van der Waals surface area contributed by atoms with Gasteiger partial charge in [-0.25, -0.2) is 4.98 Å². The second-order valence-corrected chi connectivity index (χ2v) is 6.07. The molecule has 23 heavy (non-hydrogen) atoms. The van der Waals surface area contributed by atoms with Gasteiger partial charge < -0.3 is 0 Å². The van der Waals surface area contributed by atoms with Crippen LogP contribution in [-0.4, -0.2) is 4.98 Å². The molecule has 110 valence electrons.